The molecule has 0 unspecified atom stereocenters. The van der Waals surface area contributed by atoms with Crippen LogP contribution in [0.4, 0.5) is 5.69 Å². The molecule has 0 aromatic heterocycles. The molecule has 1 heterocycles. The molecule has 0 amide bonds. The number of nitrogens with zero attached hydrogens (tertiary/aromatic N) is 2. The molecule has 1 aromatic rings. The SMILES string of the molecule is COc1cccc(NC(=S)N(CCN(C(C)C)C(C)C)[C@@H]2CCS(=O)(=O)C2)c1. The van der Waals surface area contributed by atoms with Gasteiger partial charge in [0.1, 0.15) is 5.75 Å². The Morgan fingerprint density at radius 1 is 1.25 bits per heavy atom. The second-order valence-electron chi connectivity index (χ2n) is 7.84. The number of sulfone groups is 1. The molecular formula is C20H33N3O3S2. The Bertz CT molecular complexity index is 758. The highest BCUT2D eigenvalue weighted by atomic mass is 32.2. The van der Waals surface area contributed by atoms with E-state index >= 15 is 0 Å². The predicted molar refractivity (Wildman–Crippen MR) is 120 cm³/mol. The molecule has 0 aliphatic carbocycles. The number of nitrogens with one attached hydrogen (secondary N) is 1. The van der Waals surface area contributed by atoms with Gasteiger partial charge in [0, 0.05) is 43.0 Å². The number of thiocarbonyl (C=S) groups is 1. The molecule has 158 valence electrons. The standard InChI is InChI=1S/C20H33N3O3S2/c1-15(2)22(16(3)4)10-11-23(18-9-12-28(24,25)14-18)20(27)21-17-7-6-8-19(13-17)26-5/h6-8,13,15-16,18H,9-12,14H2,1-5H3,(H,21,27)/t18-/m1/s1. The molecule has 2 rings (SSSR count). The van der Waals surface area contributed by atoms with Crippen LogP contribution in [0.15, 0.2) is 24.3 Å². The van der Waals surface area contributed by atoms with Crippen LogP contribution in [-0.2, 0) is 9.84 Å². The molecule has 0 spiro atoms. The number of methoxy groups -OCH3 is 1. The van der Waals surface area contributed by atoms with Gasteiger partial charge >= 0.3 is 0 Å². The van der Waals surface area contributed by atoms with Gasteiger partial charge in [0.25, 0.3) is 0 Å². The summed E-state index contributed by atoms with van der Waals surface area (Å²) in [4.78, 5) is 4.45. The lowest BCUT2D eigenvalue weighted by atomic mass is 10.2. The van der Waals surface area contributed by atoms with E-state index in [1.807, 2.05) is 24.3 Å². The normalized spacial score (nSPS) is 18.6. The van der Waals surface area contributed by atoms with Crippen LogP contribution in [0.2, 0.25) is 0 Å². The van der Waals surface area contributed by atoms with Crippen LogP contribution in [0.25, 0.3) is 0 Å². The van der Waals surface area contributed by atoms with E-state index < -0.39 is 9.84 Å². The smallest absolute Gasteiger partial charge is 0.173 e. The quantitative estimate of drug-likeness (QED) is 0.640. The van der Waals surface area contributed by atoms with Gasteiger partial charge in [-0.15, -0.1) is 0 Å². The molecule has 0 bridgehead atoms. The van der Waals surface area contributed by atoms with Gasteiger partial charge in [0.05, 0.1) is 18.6 Å². The second-order valence-corrected chi connectivity index (χ2v) is 10.5. The Morgan fingerprint density at radius 3 is 2.46 bits per heavy atom. The summed E-state index contributed by atoms with van der Waals surface area (Å²) in [6, 6.07) is 8.31. The summed E-state index contributed by atoms with van der Waals surface area (Å²) in [5.74, 6) is 1.14. The van der Waals surface area contributed by atoms with Gasteiger partial charge < -0.3 is 15.0 Å². The van der Waals surface area contributed by atoms with E-state index in [0.717, 1.165) is 18.0 Å². The van der Waals surface area contributed by atoms with Crippen molar-refractivity contribution in [3.8, 4) is 5.75 Å². The van der Waals surface area contributed by atoms with Gasteiger partial charge in [-0.1, -0.05) is 6.07 Å². The molecule has 8 heteroatoms. The van der Waals surface area contributed by atoms with Crippen molar-refractivity contribution in [1.29, 1.82) is 0 Å². The van der Waals surface area contributed by atoms with Gasteiger partial charge in [-0.3, -0.25) is 4.90 Å². The summed E-state index contributed by atoms with van der Waals surface area (Å²) in [6.07, 6.45) is 0.617. The number of ether oxygens (including phenoxy) is 1. The lowest BCUT2D eigenvalue weighted by Gasteiger charge is -2.36. The minimum Gasteiger partial charge on any atom is -0.497 e. The Morgan fingerprint density at radius 2 is 1.93 bits per heavy atom. The summed E-state index contributed by atoms with van der Waals surface area (Å²) in [5.41, 5.74) is 0.833. The van der Waals surface area contributed by atoms with Crippen molar-refractivity contribution < 1.29 is 13.2 Å². The van der Waals surface area contributed by atoms with Crippen LogP contribution in [0.1, 0.15) is 34.1 Å². The van der Waals surface area contributed by atoms with Gasteiger partial charge in [-0.2, -0.15) is 0 Å². The molecule has 6 nitrogen and oxygen atoms in total. The van der Waals surface area contributed by atoms with Crippen LogP contribution in [0, 0.1) is 0 Å². The van der Waals surface area contributed by atoms with E-state index in [1.165, 1.54) is 0 Å². The van der Waals surface area contributed by atoms with Crippen LogP contribution in [0.5, 0.6) is 5.75 Å². The van der Waals surface area contributed by atoms with Crippen molar-refractivity contribution in [2.75, 3.05) is 37.0 Å². The second kappa shape index (κ2) is 9.89. The number of hydrogen-bond donors (Lipinski definition) is 1. The van der Waals surface area contributed by atoms with Gasteiger partial charge in [-0.25, -0.2) is 8.42 Å². The maximum absolute atomic E-state index is 12.0. The first kappa shape index (κ1) is 22.9. The maximum Gasteiger partial charge on any atom is 0.173 e. The molecule has 1 aliphatic heterocycles. The Hall–Kier alpha value is -1.38. The van der Waals surface area contributed by atoms with Crippen molar-refractivity contribution in [2.45, 2.75) is 52.2 Å². The highest BCUT2D eigenvalue weighted by molar-refractivity contribution is 7.91. The average molecular weight is 428 g/mol. The van der Waals surface area contributed by atoms with Gasteiger partial charge in [0.2, 0.25) is 0 Å². The maximum atomic E-state index is 12.0. The van der Waals surface area contributed by atoms with E-state index in [2.05, 4.69) is 42.8 Å². The zero-order chi connectivity index (χ0) is 20.9. The first-order valence-electron chi connectivity index (χ1n) is 9.81. The first-order chi connectivity index (χ1) is 13.1. The van der Waals surface area contributed by atoms with E-state index in [9.17, 15) is 8.42 Å². The molecule has 1 saturated heterocycles. The lowest BCUT2D eigenvalue weighted by molar-refractivity contribution is 0.155. The van der Waals surface area contributed by atoms with Gasteiger partial charge in [-0.05, 0) is 58.5 Å². The molecule has 1 atom stereocenters. The summed E-state index contributed by atoms with van der Waals surface area (Å²) in [7, 11) is -1.37. The third-order valence-electron chi connectivity index (χ3n) is 5.16. The summed E-state index contributed by atoms with van der Waals surface area (Å²) in [5, 5.41) is 3.83. The molecule has 1 fully saturated rings. The predicted octanol–water partition coefficient (Wildman–Crippen LogP) is 3.00. The fourth-order valence-electron chi connectivity index (χ4n) is 3.70. The van der Waals surface area contributed by atoms with Crippen LogP contribution < -0.4 is 10.1 Å². The highest BCUT2D eigenvalue weighted by Crippen LogP contribution is 2.21. The third kappa shape index (κ3) is 6.32. The van der Waals surface area contributed by atoms with Crippen molar-refractivity contribution in [1.82, 2.24) is 9.80 Å². The fourth-order valence-corrected chi connectivity index (χ4v) is 5.79. The van der Waals surface area contributed by atoms with Crippen molar-refractivity contribution in [2.24, 2.45) is 0 Å². The molecule has 0 saturated carbocycles. The van der Waals surface area contributed by atoms with Crippen LogP contribution in [-0.4, -0.2) is 73.2 Å². The summed E-state index contributed by atoms with van der Waals surface area (Å²) in [6.45, 7) is 10.2. The Labute approximate surface area is 175 Å². The van der Waals surface area contributed by atoms with Crippen molar-refractivity contribution >= 4 is 32.9 Å². The minimum absolute atomic E-state index is 0.0863. The number of hydrogen-bond acceptors (Lipinski definition) is 5. The zero-order valence-electron chi connectivity index (χ0n) is 17.5. The van der Waals surface area contributed by atoms with E-state index in [1.54, 1.807) is 7.11 Å². The third-order valence-corrected chi connectivity index (χ3v) is 7.24. The van der Waals surface area contributed by atoms with E-state index in [4.69, 9.17) is 17.0 Å². The Kier molecular flexibility index (Phi) is 8.09. The Balaban J connectivity index is 2.16. The summed E-state index contributed by atoms with van der Waals surface area (Å²) < 4.78 is 29.4. The molecule has 1 N–H and O–H groups in total. The number of rotatable bonds is 8. The fraction of sp³-hybridized carbons (Fsp3) is 0.650. The van der Waals surface area contributed by atoms with Gasteiger partial charge in [0.15, 0.2) is 14.9 Å². The highest BCUT2D eigenvalue weighted by Gasteiger charge is 2.33. The monoisotopic (exact) mass is 427 g/mol. The lowest BCUT2D eigenvalue weighted by Crippen LogP contribution is -2.49. The molecular weight excluding hydrogens is 394 g/mol. The topological polar surface area (TPSA) is 61.9 Å². The van der Waals surface area contributed by atoms with Crippen molar-refractivity contribution in [3.05, 3.63) is 24.3 Å². The van der Waals surface area contributed by atoms with E-state index in [0.29, 0.717) is 30.2 Å². The first-order valence-corrected chi connectivity index (χ1v) is 12.0. The molecule has 1 aliphatic rings. The van der Waals surface area contributed by atoms with Crippen molar-refractivity contribution in [3.63, 3.8) is 0 Å². The van der Waals surface area contributed by atoms with Crippen LogP contribution >= 0.6 is 12.2 Å². The largest absolute Gasteiger partial charge is 0.497 e. The molecule has 28 heavy (non-hydrogen) atoms. The van der Waals surface area contributed by atoms with Crippen LogP contribution in [0.3, 0.4) is 0 Å². The summed E-state index contributed by atoms with van der Waals surface area (Å²) >= 11 is 5.69. The average Bonchev–Trinajstić information content (AvgIpc) is 2.97. The number of benzene rings is 1. The minimum atomic E-state index is -2.99. The molecule has 1 aromatic carbocycles. The molecule has 0 radical (unpaired) electrons. The van der Waals surface area contributed by atoms with E-state index in [-0.39, 0.29) is 17.5 Å². The zero-order valence-corrected chi connectivity index (χ0v) is 19.1. The number of anilines is 1.